The molecule has 0 spiro atoms. The van der Waals surface area contributed by atoms with Crippen LogP contribution in [0.5, 0.6) is 5.75 Å². The van der Waals surface area contributed by atoms with Gasteiger partial charge in [-0.15, -0.1) is 0 Å². The van der Waals surface area contributed by atoms with Crippen molar-refractivity contribution in [1.29, 1.82) is 0 Å². The average molecular weight is 325 g/mol. The molecular weight excluding hydrogens is 302 g/mol. The van der Waals surface area contributed by atoms with Gasteiger partial charge in [0.05, 0.1) is 17.0 Å². The zero-order valence-electron chi connectivity index (χ0n) is 12.7. The van der Waals surface area contributed by atoms with E-state index in [0.29, 0.717) is 6.54 Å². The molecule has 3 atom stereocenters. The summed E-state index contributed by atoms with van der Waals surface area (Å²) >= 11 is 0. The lowest BCUT2D eigenvalue weighted by molar-refractivity contribution is 0.0868. The summed E-state index contributed by atoms with van der Waals surface area (Å²) in [5.41, 5.74) is 0. The Kier molecular flexibility index (Phi) is 4.18. The van der Waals surface area contributed by atoms with Crippen molar-refractivity contribution < 1.29 is 18.6 Å². The van der Waals surface area contributed by atoms with Gasteiger partial charge in [0, 0.05) is 6.54 Å². The predicted octanol–water partition coefficient (Wildman–Crippen LogP) is 1.95. The Bertz CT molecular complexity index is 622. The van der Waals surface area contributed by atoms with E-state index in [4.69, 9.17) is 0 Å². The minimum absolute atomic E-state index is 0.0427. The highest BCUT2D eigenvalue weighted by atomic mass is 32.2. The Morgan fingerprint density at radius 1 is 1.14 bits per heavy atom. The van der Waals surface area contributed by atoms with E-state index in [0.717, 1.165) is 25.7 Å². The van der Waals surface area contributed by atoms with Gasteiger partial charge < -0.3 is 10.2 Å². The summed E-state index contributed by atoms with van der Waals surface area (Å²) < 4.78 is 27.4. The van der Waals surface area contributed by atoms with Crippen LogP contribution in [0.25, 0.3) is 0 Å². The number of rotatable bonds is 3. The molecule has 0 amide bonds. The lowest BCUT2D eigenvalue weighted by Crippen LogP contribution is -2.44. The van der Waals surface area contributed by atoms with Crippen molar-refractivity contribution >= 4 is 10.0 Å². The molecule has 1 heterocycles. The fourth-order valence-electron chi connectivity index (χ4n) is 3.85. The third-order valence-corrected chi connectivity index (χ3v) is 6.94. The Balaban J connectivity index is 1.95. The van der Waals surface area contributed by atoms with Crippen LogP contribution in [-0.2, 0) is 10.0 Å². The van der Waals surface area contributed by atoms with Gasteiger partial charge in [0.2, 0.25) is 10.0 Å². The monoisotopic (exact) mass is 325 g/mol. The molecule has 0 aromatic heterocycles. The molecule has 2 aliphatic rings. The minimum Gasteiger partial charge on any atom is -0.508 e. The van der Waals surface area contributed by atoms with Gasteiger partial charge >= 0.3 is 0 Å². The summed E-state index contributed by atoms with van der Waals surface area (Å²) in [6.07, 6.45) is 3.58. The summed E-state index contributed by atoms with van der Waals surface area (Å²) in [6, 6.07) is 5.29. The standard InChI is InChI=1S/C16H23NO4S/c1-11-10-17(15(16(11)19)12-4-2-3-5-12)22(20,21)14-8-6-13(18)7-9-14/h6-9,11-12,15-16,18-19H,2-5,10H2,1H3/t11-,15?,16+/m0/s1. The topological polar surface area (TPSA) is 77.8 Å². The quantitative estimate of drug-likeness (QED) is 0.890. The van der Waals surface area contributed by atoms with E-state index < -0.39 is 16.1 Å². The molecule has 1 aromatic carbocycles. The summed E-state index contributed by atoms with van der Waals surface area (Å²) in [4.78, 5) is 0.176. The van der Waals surface area contributed by atoms with E-state index in [1.807, 2.05) is 6.92 Å². The van der Waals surface area contributed by atoms with Crippen LogP contribution in [0.1, 0.15) is 32.6 Å². The van der Waals surface area contributed by atoms with Crippen molar-refractivity contribution in [1.82, 2.24) is 4.31 Å². The van der Waals surface area contributed by atoms with Gasteiger partial charge in [-0.05, 0) is 48.9 Å². The van der Waals surface area contributed by atoms with Crippen LogP contribution >= 0.6 is 0 Å². The van der Waals surface area contributed by atoms with Crippen molar-refractivity contribution in [2.45, 2.75) is 49.6 Å². The number of hydrogen-bond acceptors (Lipinski definition) is 4. The van der Waals surface area contributed by atoms with Crippen molar-refractivity contribution in [3.63, 3.8) is 0 Å². The smallest absolute Gasteiger partial charge is 0.243 e. The third-order valence-electron chi connectivity index (χ3n) is 5.06. The second-order valence-electron chi connectivity index (χ2n) is 6.57. The second-order valence-corrected chi connectivity index (χ2v) is 8.46. The molecule has 5 nitrogen and oxygen atoms in total. The fraction of sp³-hybridized carbons (Fsp3) is 0.625. The molecule has 2 fully saturated rings. The SMILES string of the molecule is C[C@H]1CN(S(=O)(=O)c2ccc(O)cc2)C(C2CCCC2)[C@@H]1O. The first-order chi connectivity index (χ1) is 10.4. The Labute approximate surface area is 131 Å². The van der Waals surface area contributed by atoms with Crippen LogP contribution in [0, 0.1) is 11.8 Å². The Morgan fingerprint density at radius 2 is 1.73 bits per heavy atom. The largest absolute Gasteiger partial charge is 0.508 e. The molecule has 1 aliphatic carbocycles. The van der Waals surface area contributed by atoms with Gasteiger partial charge in [-0.1, -0.05) is 19.8 Å². The number of aromatic hydroxyl groups is 1. The van der Waals surface area contributed by atoms with E-state index in [1.165, 1.54) is 28.6 Å². The summed E-state index contributed by atoms with van der Waals surface area (Å²) in [5, 5.41) is 19.8. The van der Waals surface area contributed by atoms with E-state index >= 15 is 0 Å². The van der Waals surface area contributed by atoms with Crippen LogP contribution in [0.2, 0.25) is 0 Å². The maximum absolute atomic E-state index is 12.9. The van der Waals surface area contributed by atoms with E-state index in [9.17, 15) is 18.6 Å². The highest BCUT2D eigenvalue weighted by Gasteiger charge is 2.48. The molecule has 1 aliphatic heterocycles. The predicted molar refractivity (Wildman–Crippen MR) is 82.9 cm³/mol. The molecule has 6 heteroatoms. The molecule has 1 unspecified atom stereocenters. The molecule has 1 saturated heterocycles. The van der Waals surface area contributed by atoms with Crippen molar-refractivity contribution in [3.05, 3.63) is 24.3 Å². The van der Waals surface area contributed by atoms with E-state index in [1.54, 1.807) is 0 Å². The normalized spacial score (nSPS) is 30.9. The zero-order chi connectivity index (χ0) is 15.9. The molecule has 122 valence electrons. The minimum atomic E-state index is -3.65. The van der Waals surface area contributed by atoms with Gasteiger partial charge in [0.15, 0.2) is 0 Å². The van der Waals surface area contributed by atoms with Crippen molar-refractivity contribution in [3.8, 4) is 5.75 Å². The molecule has 22 heavy (non-hydrogen) atoms. The average Bonchev–Trinajstić information content (AvgIpc) is 3.09. The maximum Gasteiger partial charge on any atom is 0.243 e. The lowest BCUT2D eigenvalue weighted by Gasteiger charge is -2.30. The number of aliphatic hydroxyl groups is 1. The first-order valence-corrected chi connectivity index (χ1v) is 9.34. The highest BCUT2D eigenvalue weighted by molar-refractivity contribution is 7.89. The van der Waals surface area contributed by atoms with Gasteiger partial charge in [-0.25, -0.2) is 8.42 Å². The molecule has 0 bridgehead atoms. The molecule has 0 radical (unpaired) electrons. The molecule has 3 rings (SSSR count). The third kappa shape index (κ3) is 2.64. The zero-order valence-corrected chi connectivity index (χ0v) is 13.5. The van der Waals surface area contributed by atoms with Crippen molar-refractivity contribution in [2.75, 3.05) is 6.54 Å². The lowest BCUT2D eigenvalue weighted by atomic mass is 9.92. The number of phenolic OH excluding ortho intramolecular Hbond substituents is 1. The fourth-order valence-corrected chi connectivity index (χ4v) is 5.64. The van der Waals surface area contributed by atoms with E-state index in [-0.39, 0.29) is 28.5 Å². The van der Waals surface area contributed by atoms with Crippen LogP contribution < -0.4 is 0 Å². The van der Waals surface area contributed by atoms with Gasteiger partial charge in [0.1, 0.15) is 5.75 Å². The first kappa shape index (κ1) is 15.8. The first-order valence-electron chi connectivity index (χ1n) is 7.90. The maximum atomic E-state index is 12.9. The van der Waals surface area contributed by atoms with Crippen LogP contribution in [-0.4, -0.2) is 41.6 Å². The summed E-state index contributed by atoms with van der Waals surface area (Å²) in [7, 11) is -3.65. The number of benzene rings is 1. The number of aliphatic hydroxyl groups excluding tert-OH is 1. The van der Waals surface area contributed by atoms with Gasteiger partial charge in [-0.2, -0.15) is 4.31 Å². The molecule has 1 aromatic rings. The number of nitrogens with zero attached hydrogens (tertiary/aromatic N) is 1. The van der Waals surface area contributed by atoms with Crippen LogP contribution in [0.4, 0.5) is 0 Å². The number of sulfonamides is 1. The van der Waals surface area contributed by atoms with Gasteiger partial charge in [0.25, 0.3) is 0 Å². The molecule has 1 saturated carbocycles. The highest BCUT2D eigenvalue weighted by Crippen LogP contribution is 2.40. The van der Waals surface area contributed by atoms with E-state index in [2.05, 4.69) is 0 Å². The molecule has 2 N–H and O–H groups in total. The number of hydrogen-bond donors (Lipinski definition) is 2. The van der Waals surface area contributed by atoms with Crippen molar-refractivity contribution in [2.24, 2.45) is 11.8 Å². The van der Waals surface area contributed by atoms with Gasteiger partial charge in [-0.3, -0.25) is 0 Å². The summed E-state index contributed by atoms with van der Waals surface area (Å²) in [6.45, 7) is 2.25. The second kappa shape index (κ2) is 5.83. The Morgan fingerprint density at radius 3 is 2.32 bits per heavy atom. The number of phenols is 1. The summed E-state index contributed by atoms with van der Waals surface area (Å²) in [5.74, 6) is 0.227. The van der Waals surface area contributed by atoms with Crippen LogP contribution in [0.15, 0.2) is 29.2 Å². The van der Waals surface area contributed by atoms with Crippen LogP contribution in [0.3, 0.4) is 0 Å². The molecular formula is C16H23NO4S. The Hall–Kier alpha value is -1.11.